The van der Waals surface area contributed by atoms with E-state index in [9.17, 15) is 0 Å². The summed E-state index contributed by atoms with van der Waals surface area (Å²) in [4.78, 5) is 0. The molecule has 5 aliphatic rings. The van der Waals surface area contributed by atoms with Crippen LogP contribution < -0.4 is 0 Å². The number of ether oxygens (including phenoxy) is 2. The van der Waals surface area contributed by atoms with Crippen LogP contribution >= 0.6 is 0 Å². The zero-order valence-corrected chi connectivity index (χ0v) is 35.5. The van der Waals surface area contributed by atoms with Gasteiger partial charge in [-0.15, -0.1) is 0 Å². The number of unbranched alkanes of at least 4 members (excludes halogenated alkanes) is 4. The van der Waals surface area contributed by atoms with E-state index in [1.807, 2.05) is 0 Å². The van der Waals surface area contributed by atoms with Crippen LogP contribution in [0.3, 0.4) is 0 Å². The lowest BCUT2D eigenvalue weighted by Gasteiger charge is -2.61. The van der Waals surface area contributed by atoms with Gasteiger partial charge >= 0.3 is 0 Å². The molecule has 3 atom stereocenters. The highest BCUT2D eigenvalue weighted by molar-refractivity contribution is 5.08. The van der Waals surface area contributed by atoms with Crippen LogP contribution in [-0.4, -0.2) is 25.9 Å². The second-order valence-corrected chi connectivity index (χ2v) is 16.8. The first-order chi connectivity index (χ1) is 22.4. The summed E-state index contributed by atoms with van der Waals surface area (Å²) in [7, 11) is 1.73. The van der Waals surface area contributed by atoms with Crippen molar-refractivity contribution in [2.75, 3.05) is 20.3 Å². The van der Waals surface area contributed by atoms with Crippen LogP contribution in [0, 0.1) is 40.9 Å². The molecule has 0 spiro atoms. The maximum absolute atomic E-state index is 6.17. The van der Waals surface area contributed by atoms with Crippen molar-refractivity contribution in [2.24, 2.45) is 40.9 Å². The lowest BCUT2D eigenvalue weighted by atomic mass is 9.47. The van der Waals surface area contributed by atoms with Crippen molar-refractivity contribution in [3.8, 4) is 0 Å². The SMILES string of the molecule is CCC(C)CC(C)C.CCC1CCC(C)CC1.CCCC.CCCCC.CCCCOC.CCOC12CC3CC(CC(CC)(C3)C1)C2. The number of rotatable bonds is 13. The average Bonchev–Trinajstić information content (AvgIpc) is 3.05. The van der Waals surface area contributed by atoms with E-state index in [-0.39, 0.29) is 0 Å². The predicted molar refractivity (Wildman–Crippen MR) is 215 cm³/mol. The lowest BCUT2D eigenvalue weighted by Crippen LogP contribution is -2.56. The van der Waals surface area contributed by atoms with Crippen molar-refractivity contribution >= 4 is 0 Å². The van der Waals surface area contributed by atoms with Gasteiger partial charge < -0.3 is 9.47 Å². The van der Waals surface area contributed by atoms with E-state index in [4.69, 9.17) is 9.47 Å². The predicted octanol–water partition coefficient (Wildman–Crippen LogP) is 15.5. The van der Waals surface area contributed by atoms with Gasteiger partial charge in [-0.25, -0.2) is 0 Å². The topological polar surface area (TPSA) is 18.5 Å². The monoisotopic (exact) mass is 667 g/mol. The lowest BCUT2D eigenvalue weighted by molar-refractivity contribution is -0.191. The first kappa shape index (κ1) is 49.0. The molecule has 0 saturated heterocycles. The number of hydrogen-bond donors (Lipinski definition) is 0. The van der Waals surface area contributed by atoms with Gasteiger partial charge in [0.25, 0.3) is 0 Å². The van der Waals surface area contributed by atoms with Crippen molar-refractivity contribution in [1.82, 2.24) is 0 Å². The van der Waals surface area contributed by atoms with Gasteiger partial charge in [0.05, 0.1) is 5.60 Å². The summed E-state index contributed by atoms with van der Waals surface area (Å²) in [6.45, 7) is 31.2. The fraction of sp³-hybridized carbons (Fsp3) is 1.00. The summed E-state index contributed by atoms with van der Waals surface area (Å²) in [5.41, 5.74) is 0.994. The second kappa shape index (κ2) is 30.7. The van der Waals surface area contributed by atoms with Gasteiger partial charge in [-0.2, -0.15) is 0 Å². The summed E-state index contributed by atoms with van der Waals surface area (Å²) in [5, 5.41) is 0. The molecule has 0 aromatic rings. The summed E-state index contributed by atoms with van der Waals surface area (Å²) in [6, 6.07) is 0. The van der Waals surface area contributed by atoms with E-state index in [0.29, 0.717) is 11.0 Å². The molecular formula is C45H94O2. The van der Waals surface area contributed by atoms with Gasteiger partial charge in [0, 0.05) is 20.3 Å². The molecule has 286 valence electrons. The van der Waals surface area contributed by atoms with Gasteiger partial charge in [0.15, 0.2) is 0 Å². The molecule has 0 aromatic carbocycles. The van der Waals surface area contributed by atoms with Crippen LogP contribution in [0.1, 0.15) is 225 Å². The molecular weight excluding hydrogens is 572 g/mol. The molecule has 5 rings (SSSR count). The van der Waals surface area contributed by atoms with Crippen molar-refractivity contribution in [3.05, 3.63) is 0 Å². The van der Waals surface area contributed by atoms with Gasteiger partial charge in [-0.3, -0.25) is 0 Å². The normalized spacial score (nSPS) is 28.9. The fourth-order valence-electron chi connectivity index (χ4n) is 8.60. The average molecular weight is 667 g/mol. The van der Waals surface area contributed by atoms with Gasteiger partial charge in [-0.05, 0) is 99.2 Å². The van der Waals surface area contributed by atoms with E-state index < -0.39 is 0 Å². The third-order valence-corrected chi connectivity index (χ3v) is 11.5. The van der Waals surface area contributed by atoms with E-state index in [2.05, 4.69) is 90.0 Å². The summed E-state index contributed by atoms with van der Waals surface area (Å²) in [6.07, 6.45) is 29.3. The Morgan fingerprint density at radius 1 is 0.681 bits per heavy atom. The van der Waals surface area contributed by atoms with Gasteiger partial charge in [0.1, 0.15) is 0 Å². The Kier molecular flexibility index (Phi) is 32.0. The molecule has 0 radical (unpaired) electrons. The fourth-order valence-corrected chi connectivity index (χ4v) is 8.60. The van der Waals surface area contributed by atoms with Crippen molar-refractivity contribution < 1.29 is 9.47 Å². The third kappa shape index (κ3) is 23.9. The molecule has 0 heterocycles. The number of hydrogen-bond acceptors (Lipinski definition) is 2. The minimum Gasteiger partial charge on any atom is -0.385 e. The van der Waals surface area contributed by atoms with Crippen molar-refractivity contribution in [2.45, 2.75) is 230 Å². The zero-order valence-electron chi connectivity index (χ0n) is 35.5. The second-order valence-electron chi connectivity index (χ2n) is 16.8. The van der Waals surface area contributed by atoms with Crippen LogP contribution in [0.2, 0.25) is 0 Å². The van der Waals surface area contributed by atoms with Gasteiger partial charge in [-0.1, -0.05) is 167 Å². The van der Waals surface area contributed by atoms with Crippen LogP contribution in [0.4, 0.5) is 0 Å². The molecule has 0 N–H and O–H groups in total. The van der Waals surface area contributed by atoms with Crippen LogP contribution in [0.15, 0.2) is 0 Å². The zero-order chi connectivity index (χ0) is 36.1. The van der Waals surface area contributed by atoms with Crippen LogP contribution in [0.25, 0.3) is 0 Å². The molecule has 4 bridgehead atoms. The highest BCUT2D eigenvalue weighted by Gasteiger charge is 2.57. The van der Waals surface area contributed by atoms with E-state index in [1.54, 1.807) is 7.11 Å². The highest BCUT2D eigenvalue weighted by Crippen LogP contribution is 2.63. The Morgan fingerprint density at radius 2 is 1.21 bits per heavy atom. The first-order valence-electron chi connectivity index (χ1n) is 21.6. The van der Waals surface area contributed by atoms with Crippen LogP contribution in [0.5, 0.6) is 0 Å². The summed E-state index contributed by atoms with van der Waals surface area (Å²) in [5.74, 6) is 5.89. The Labute approximate surface area is 300 Å². The molecule has 47 heavy (non-hydrogen) atoms. The molecule has 5 fully saturated rings. The van der Waals surface area contributed by atoms with Crippen LogP contribution in [-0.2, 0) is 9.47 Å². The highest BCUT2D eigenvalue weighted by atomic mass is 16.5. The molecule has 2 nitrogen and oxygen atoms in total. The molecule has 0 amide bonds. The molecule has 5 saturated carbocycles. The summed E-state index contributed by atoms with van der Waals surface area (Å²) < 4.78 is 11.0. The molecule has 5 aliphatic carbocycles. The summed E-state index contributed by atoms with van der Waals surface area (Å²) >= 11 is 0. The Bertz CT molecular complexity index is 612. The molecule has 0 aromatic heterocycles. The van der Waals surface area contributed by atoms with E-state index in [1.165, 1.54) is 135 Å². The first-order valence-corrected chi connectivity index (χ1v) is 21.6. The quantitative estimate of drug-likeness (QED) is 0.182. The number of methoxy groups -OCH3 is 1. The minimum atomic E-state index is 0.314. The van der Waals surface area contributed by atoms with E-state index >= 15 is 0 Å². The Morgan fingerprint density at radius 3 is 1.51 bits per heavy atom. The Hall–Kier alpha value is -0.0800. The maximum atomic E-state index is 6.17. The largest absolute Gasteiger partial charge is 0.385 e. The van der Waals surface area contributed by atoms with Gasteiger partial charge in [0.2, 0.25) is 0 Å². The smallest absolute Gasteiger partial charge is 0.0693 e. The maximum Gasteiger partial charge on any atom is 0.0693 e. The van der Waals surface area contributed by atoms with E-state index in [0.717, 1.165) is 48.7 Å². The molecule has 3 unspecified atom stereocenters. The molecule has 2 heteroatoms. The minimum absolute atomic E-state index is 0.314. The third-order valence-electron chi connectivity index (χ3n) is 11.5. The standard InChI is InChI=1S/C14H24O.C9H18.C8H18.C5H12O.C5H12.C4H10/c1-3-13-6-11-5-12(7-13)9-14(8-11,10-13)15-4-2;1-3-9-6-4-8(2)5-7-9;1-5-8(4)6-7(2)3;1-3-4-5-6-2;1-3-5-4-2;1-3-4-2/h11-12H,3-10H2,1-2H3;8-9H,3-7H2,1-2H3;7-8H,5-6H2,1-4H3;3-5H2,1-2H3;3-5H2,1-2H3;3-4H2,1-2H3. The Balaban J connectivity index is 0. The molecule has 0 aliphatic heterocycles. The van der Waals surface area contributed by atoms with Crippen molar-refractivity contribution in [1.29, 1.82) is 0 Å². The van der Waals surface area contributed by atoms with Crippen molar-refractivity contribution in [3.63, 3.8) is 0 Å².